The Labute approximate surface area is 142 Å². The third-order valence-corrected chi connectivity index (χ3v) is 5.49. The van der Waals surface area contributed by atoms with Crippen LogP contribution in [0.2, 0.25) is 0 Å². The van der Waals surface area contributed by atoms with E-state index >= 15 is 0 Å². The molecule has 5 heteroatoms. The molecule has 2 bridgehead atoms. The highest BCUT2D eigenvalue weighted by molar-refractivity contribution is 6.04. The summed E-state index contributed by atoms with van der Waals surface area (Å²) in [4.78, 5) is 32.3. The van der Waals surface area contributed by atoms with Crippen molar-refractivity contribution in [2.75, 3.05) is 0 Å². The second-order valence-electron chi connectivity index (χ2n) is 7.49. The molecule has 4 aliphatic rings. The monoisotopic (exact) mass is 332 g/mol. The summed E-state index contributed by atoms with van der Waals surface area (Å²) in [7, 11) is 0. The minimum absolute atomic E-state index is 0.0538. The third kappa shape index (κ3) is 3.60. The average Bonchev–Trinajstić information content (AvgIpc) is 3.25. The number of esters is 3. The molecule has 0 aromatic rings. The molecule has 0 aromatic heterocycles. The Morgan fingerprint density at radius 1 is 1.12 bits per heavy atom. The molecule has 1 heterocycles. The maximum Gasteiger partial charge on any atom is 0.338 e. The van der Waals surface area contributed by atoms with Crippen molar-refractivity contribution in [3.8, 4) is 0 Å². The summed E-state index contributed by atoms with van der Waals surface area (Å²) < 4.78 is 9.87. The number of hydrogen-bond acceptors (Lipinski definition) is 5. The number of ether oxygens (including phenoxy) is 2. The van der Waals surface area contributed by atoms with Crippen LogP contribution in [-0.2, 0) is 23.9 Å². The van der Waals surface area contributed by atoms with E-state index in [-0.39, 0.29) is 17.0 Å². The van der Waals surface area contributed by atoms with Crippen molar-refractivity contribution in [3.05, 3.63) is 24.3 Å². The normalized spacial score (nSPS) is 32.3. The van der Waals surface area contributed by atoms with Gasteiger partial charge in [-0.1, -0.05) is 18.6 Å². The molecule has 4 rings (SSSR count). The van der Waals surface area contributed by atoms with Gasteiger partial charge in [0.1, 0.15) is 5.60 Å². The summed E-state index contributed by atoms with van der Waals surface area (Å²) in [6.45, 7) is 2.12. The van der Waals surface area contributed by atoms with Crippen molar-refractivity contribution in [2.24, 2.45) is 11.3 Å². The fraction of sp³-hybridized carbons (Fsp3) is 0.632. The highest BCUT2D eigenvalue weighted by Crippen LogP contribution is 2.50. The van der Waals surface area contributed by atoms with Gasteiger partial charge in [0.2, 0.25) is 0 Å². The standard InChI is InChI=1S/C15H22O2.C4H2O3/c1-14(7-3-2-4-8-14)17-13(16)15-9-5-12(11-15)6-10-15;5-3-1-2-4(6)7-3/h5,9,12H,2-4,6-8,10-11H2,1H3;1-2H. The molecular formula is C19H24O5. The Balaban J connectivity index is 0.000000203. The van der Waals surface area contributed by atoms with Crippen molar-refractivity contribution in [2.45, 2.75) is 63.9 Å². The van der Waals surface area contributed by atoms with Gasteiger partial charge < -0.3 is 9.47 Å². The van der Waals surface area contributed by atoms with Gasteiger partial charge in [0.25, 0.3) is 0 Å². The van der Waals surface area contributed by atoms with E-state index in [0.717, 1.165) is 37.8 Å². The lowest BCUT2D eigenvalue weighted by atomic mass is 9.84. The Morgan fingerprint density at radius 2 is 1.79 bits per heavy atom. The molecule has 2 fully saturated rings. The number of cyclic esters (lactones) is 2. The number of fused-ring (bicyclic) bond motifs is 2. The summed E-state index contributed by atoms with van der Waals surface area (Å²) in [5.74, 6) is -0.463. The molecule has 2 saturated carbocycles. The second-order valence-corrected chi connectivity index (χ2v) is 7.49. The highest BCUT2D eigenvalue weighted by Gasteiger charge is 2.49. The molecule has 0 spiro atoms. The molecule has 0 saturated heterocycles. The lowest BCUT2D eigenvalue weighted by molar-refractivity contribution is -0.170. The van der Waals surface area contributed by atoms with Crippen LogP contribution in [0, 0.1) is 11.3 Å². The quantitative estimate of drug-likeness (QED) is 0.441. The molecule has 2 unspecified atom stereocenters. The first-order chi connectivity index (χ1) is 11.4. The smallest absolute Gasteiger partial charge is 0.338 e. The Kier molecular flexibility index (Phi) is 4.61. The Bertz CT molecular complexity index is 581. The van der Waals surface area contributed by atoms with Gasteiger partial charge in [-0.25, -0.2) is 9.59 Å². The van der Waals surface area contributed by atoms with Gasteiger partial charge in [0, 0.05) is 12.2 Å². The van der Waals surface area contributed by atoms with Crippen LogP contribution in [0.25, 0.3) is 0 Å². The van der Waals surface area contributed by atoms with Gasteiger partial charge in [-0.3, -0.25) is 4.79 Å². The first-order valence-electron chi connectivity index (χ1n) is 8.78. The van der Waals surface area contributed by atoms with E-state index in [4.69, 9.17) is 4.74 Å². The van der Waals surface area contributed by atoms with Crippen LogP contribution < -0.4 is 0 Å². The molecule has 0 radical (unpaired) electrons. The lowest BCUT2D eigenvalue weighted by Gasteiger charge is -2.36. The van der Waals surface area contributed by atoms with E-state index in [1.165, 1.54) is 25.7 Å². The van der Waals surface area contributed by atoms with Gasteiger partial charge in [-0.15, -0.1) is 0 Å². The van der Waals surface area contributed by atoms with Gasteiger partial charge in [0.05, 0.1) is 5.41 Å². The highest BCUT2D eigenvalue weighted by atomic mass is 16.6. The van der Waals surface area contributed by atoms with Crippen LogP contribution in [-0.4, -0.2) is 23.5 Å². The van der Waals surface area contributed by atoms with E-state index in [0.29, 0.717) is 5.92 Å². The SMILES string of the molecule is CC1(OC(=O)C23C=CC(CC2)C3)CCCCC1.O=C1C=CC(=O)O1. The van der Waals surface area contributed by atoms with E-state index in [9.17, 15) is 14.4 Å². The van der Waals surface area contributed by atoms with Crippen LogP contribution >= 0.6 is 0 Å². The number of carbonyl (C=O) groups excluding carboxylic acids is 3. The van der Waals surface area contributed by atoms with Crippen molar-refractivity contribution in [3.63, 3.8) is 0 Å². The molecular weight excluding hydrogens is 308 g/mol. The number of hydrogen-bond donors (Lipinski definition) is 0. The molecule has 2 atom stereocenters. The van der Waals surface area contributed by atoms with Gasteiger partial charge in [0.15, 0.2) is 0 Å². The number of carbonyl (C=O) groups is 3. The summed E-state index contributed by atoms with van der Waals surface area (Å²) >= 11 is 0. The molecule has 24 heavy (non-hydrogen) atoms. The largest absolute Gasteiger partial charge is 0.459 e. The van der Waals surface area contributed by atoms with Crippen molar-refractivity contribution >= 4 is 17.9 Å². The maximum absolute atomic E-state index is 12.4. The lowest BCUT2D eigenvalue weighted by Crippen LogP contribution is -2.39. The zero-order valence-corrected chi connectivity index (χ0v) is 14.1. The van der Waals surface area contributed by atoms with E-state index in [1.54, 1.807) is 0 Å². The minimum atomic E-state index is -0.579. The van der Waals surface area contributed by atoms with Gasteiger partial charge in [-0.05, 0) is 57.8 Å². The molecule has 0 amide bonds. The van der Waals surface area contributed by atoms with Crippen LogP contribution in [0.1, 0.15) is 58.3 Å². The van der Waals surface area contributed by atoms with Crippen LogP contribution in [0.4, 0.5) is 0 Å². The predicted octanol–water partition coefficient (Wildman–Crippen LogP) is 3.23. The zero-order chi connectivity index (χ0) is 17.2. The molecule has 0 aromatic carbocycles. The van der Waals surface area contributed by atoms with E-state index < -0.39 is 11.9 Å². The average molecular weight is 332 g/mol. The van der Waals surface area contributed by atoms with Crippen molar-refractivity contribution < 1.29 is 23.9 Å². The molecule has 0 N–H and O–H groups in total. The maximum atomic E-state index is 12.4. The number of allylic oxidation sites excluding steroid dienone is 1. The van der Waals surface area contributed by atoms with Crippen LogP contribution in [0.15, 0.2) is 24.3 Å². The van der Waals surface area contributed by atoms with Gasteiger partial charge >= 0.3 is 17.9 Å². The van der Waals surface area contributed by atoms with Crippen LogP contribution in [0.5, 0.6) is 0 Å². The second kappa shape index (κ2) is 6.54. The minimum Gasteiger partial charge on any atom is -0.459 e. The number of rotatable bonds is 2. The summed E-state index contributed by atoms with van der Waals surface area (Å²) in [5, 5.41) is 0. The Hall–Kier alpha value is -1.91. The third-order valence-electron chi connectivity index (χ3n) is 5.49. The predicted molar refractivity (Wildman–Crippen MR) is 86.7 cm³/mol. The van der Waals surface area contributed by atoms with Crippen LogP contribution in [0.3, 0.4) is 0 Å². The molecule has 1 aliphatic heterocycles. The summed E-state index contributed by atoms with van der Waals surface area (Å²) in [6, 6.07) is 0. The fourth-order valence-corrected chi connectivity index (χ4v) is 4.03. The Morgan fingerprint density at radius 3 is 2.21 bits per heavy atom. The summed E-state index contributed by atoms with van der Waals surface area (Å²) in [5.41, 5.74) is -0.427. The molecule has 3 aliphatic carbocycles. The summed E-state index contributed by atoms with van der Waals surface area (Å²) in [6.07, 6.45) is 15.5. The van der Waals surface area contributed by atoms with Gasteiger partial charge in [-0.2, -0.15) is 0 Å². The topological polar surface area (TPSA) is 69.7 Å². The first kappa shape index (κ1) is 16.9. The zero-order valence-electron chi connectivity index (χ0n) is 14.1. The van der Waals surface area contributed by atoms with E-state index in [1.807, 2.05) is 0 Å². The van der Waals surface area contributed by atoms with E-state index in [2.05, 4.69) is 23.8 Å². The first-order valence-corrected chi connectivity index (χ1v) is 8.78. The fourth-order valence-electron chi connectivity index (χ4n) is 4.03. The van der Waals surface area contributed by atoms with Crippen molar-refractivity contribution in [1.29, 1.82) is 0 Å². The molecule has 5 nitrogen and oxygen atoms in total. The van der Waals surface area contributed by atoms with Crippen molar-refractivity contribution in [1.82, 2.24) is 0 Å². The molecule has 130 valence electrons.